The first-order valence-corrected chi connectivity index (χ1v) is 6.44. The quantitative estimate of drug-likeness (QED) is 0.657. The van der Waals surface area contributed by atoms with E-state index < -0.39 is 20.8 Å². The summed E-state index contributed by atoms with van der Waals surface area (Å²) < 4.78 is 29.9. The van der Waals surface area contributed by atoms with E-state index in [1.165, 1.54) is 6.19 Å². The number of nitrogens with one attached hydrogen (secondary N) is 1. The lowest BCUT2D eigenvalue weighted by Crippen LogP contribution is -2.18. The van der Waals surface area contributed by atoms with Gasteiger partial charge in [0.25, 0.3) is 5.09 Å². The average molecular weight is 274 g/mol. The second-order valence-electron chi connectivity index (χ2n) is 3.35. The van der Waals surface area contributed by atoms with Gasteiger partial charge < -0.3 is 4.42 Å². The van der Waals surface area contributed by atoms with Crippen LogP contribution >= 0.6 is 0 Å². The minimum Gasteiger partial charge on any atom is -0.421 e. The minimum atomic E-state index is -4.20. The van der Waals surface area contributed by atoms with Gasteiger partial charge in [-0.1, -0.05) is 18.2 Å². The molecule has 19 heavy (non-hydrogen) atoms. The first kappa shape index (κ1) is 12.6. The number of rotatable bonds is 3. The van der Waals surface area contributed by atoms with Crippen LogP contribution in [0.2, 0.25) is 0 Å². The molecule has 7 nitrogen and oxygen atoms in total. The second kappa shape index (κ2) is 4.80. The second-order valence-corrected chi connectivity index (χ2v) is 4.93. The van der Waals surface area contributed by atoms with Crippen LogP contribution in [-0.4, -0.2) is 13.4 Å². The molecular weight excluding hydrogens is 268 g/mol. The van der Waals surface area contributed by atoms with Crippen LogP contribution in [0.25, 0.3) is 11.5 Å². The Morgan fingerprint density at radius 2 is 1.89 bits per heavy atom. The summed E-state index contributed by atoms with van der Waals surface area (Å²) in [5.74, 6) is -0.00420. The maximum atomic E-state index is 11.6. The van der Waals surface area contributed by atoms with Crippen molar-refractivity contribution >= 4 is 10.0 Å². The van der Waals surface area contributed by atoms with Gasteiger partial charge in [-0.3, -0.25) is 0 Å². The van der Waals surface area contributed by atoms with Gasteiger partial charge in [-0.2, -0.15) is 23.9 Å². The zero-order chi connectivity index (χ0) is 13.9. The van der Waals surface area contributed by atoms with E-state index in [2.05, 4.69) is 4.98 Å². The van der Waals surface area contributed by atoms with Gasteiger partial charge in [0.05, 0.1) is 0 Å². The monoisotopic (exact) mass is 274 g/mol. The third-order valence-electron chi connectivity index (χ3n) is 2.15. The maximum Gasteiger partial charge on any atom is 0.306 e. The Kier molecular flexibility index (Phi) is 3.19. The van der Waals surface area contributed by atoms with Crippen LogP contribution in [0.5, 0.6) is 0 Å². The molecule has 2 rings (SSSR count). The van der Waals surface area contributed by atoms with Crippen molar-refractivity contribution in [3.8, 4) is 23.7 Å². The Labute approximate surface area is 108 Å². The molecule has 0 bridgehead atoms. The van der Waals surface area contributed by atoms with Gasteiger partial charge in [0.15, 0.2) is 6.19 Å². The lowest BCUT2D eigenvalue weighted by Gasteiger charge is -1.95. The van der Waals surface area contributed by atoms with Crippen LogP contribution in [0, 0.1) is 22.8 Å². The first-order chi connectivity index (χ1) is 9.08. The van der Waals surface area contributed by atoms with Gasteiger partial charge in [-0.25, -0.2) is 4.72 Å². The Bertz CT molecular complexity index is 782. The van der Waals surface area contributed by atoms with Gasteiger partial charge in [0.2, 0.25) is 11.6 Å². The molecule has 1 aromatic carbocycles. The highest BCUT2D eigenvalue weighted by atomic mass is 32.2. The van der Waals surface area contributed by atoms with Crippen molar-refractivity contribution in [2.24, 2.45) is 0 Å². The summed E-state index contributed by atoms with van der Waals surface area (Å²) >= 11 is 0. The summed E-state index contributed by atoms with van der Waals surface area (Å²) in [6.07, 6.45) is 1.27. The number of sulfonamides is 1. The van der Waals surface area contributed by atoms with E-state index in [0.29, 0.717) is 5.56 Å². The minimum absolute atomic E-state index is 0.00420. The van der Waals surface area contributed by atoms with Crippen molar-refractivity contribution in [1.29, 1.82) is 10.5 Å². The predicted molar refractivity (Wildman–Crippen MR) is 62.6 cm³/mol. The fraction of sp³-hybridized carbons (Fsp3) is 0. The summed E-state index contributed by atoms with van der Waals surface area (Å²) in [4.78, 5) is 3.79. The van der Waals surface area contributed by atoms with E-state index in [4.69, 9.17) is 14.9 Å². The van der Waals surface area contributed by atoms with Gasteiger partial charge in [-0.15, -0.1) is 0 Å². The summed E-state index contributed by atoms with van der Waals surface area (Å²) in [6.45, 7) is 0. The molecule has 0 saturated heterocycles. The third-order valence-corrected chi connectivity index (χ3v) is 3.27. The Balaban J connectivity index is 2.58. The molecule has 8 heteroatoms. The molecular formula is C11H6N4O3S. The third kappa shape index (κ3) is 2.39. The van der Waals surface area contributed by atoms with E-state index in [1.54, 1.807) is 41.1 Å². The zero-order valence-corrected chi connectivity index (χ0v) is 10.2. The topological polar surface area (TPSA) is 120 Å². The Morgan fingerprint density at radius 1 is 1.21 bits per heavy atom. The van der Waals surface area contributed by atoms with Gasteiger partial charge in [0, 0.05) is 5.56 Å². The first-order valence-electron chi connectivity index (χ1n) is 4.95. The fourth-order valence-electron chi connectivity index (χ4n) is 1.37. The molecule has 0 amide bonds. The molecule has 0 fully saturated rings. The van der Waals surface area contributed by atoms with Crippen molar-refractivity contribution in [2.45, 2.75) is 5.09 Å². The zero-order valence-electron chi connectivity index (χ0n) is 9.36. The standard InChI is InChI=1S/C11H6N4O3S/c12-6-9-11(19(16,17)14-7-13)18-10(15-9)8-4-2-1-3-5-8/h1-5,14H. The molecule has 0 saturated carbocycles. The number of aromatic nitrogens is 1. The summed E-state index contributed by atoms with van der Waals surface area (Å²) in [6, 6.07) is 10.1. The van der Waals surface area contributed by atoms with Gasteiger partial charge in [-0.05, 0) is 12.1 Å². The normalized spacial score (nSPS) is 10.4. The lowest BCUT2D eigenvalue weighted by atomic mass is 10.2. The van der Waals surface area contributed by atoms with Crippen molar-refractivity contribution in [3.05, 3.63) is 36.0 Å². The van der Waals surface area contributed by atoms with Crippen LogP contribution in [0.4, 0.5) is 0 Å². The van der Waals surface area contributed by atoms with Crippen LogP contribution in [0.15, 0.2) is 39.8 Å². The molecule has 1 aromatic heterocycles. The van der Waals surface area contributed by atoms with E-state index >= 15 is 0 Å². The largest absolute Gasteiger partial charge is 0.421 e. The SMILES string of the molecule is N#CNS(=O)(=O)c1oc(-c2ccccc2)nc1C#N. The molecule has 0 unspecified atom stereocenters. The molecule has 1 N–H and O–H groups in total. The number of nitriles is 2. The number of hydrogen-bond acceptors (Lipinski definition) is 6. The van der Waals surface area contributed by atoms with Gasteiger partial charge in [0.1, 0.15) is 6.07 Å². The van der Waals surface area contributed by atoms with Crippen molar-refractivity contribution in [2.75, 3.05) is 0 Å². The van der Waals surface area contributed by atoms with Crippen LogP contribution < -0.4 is 4.72 Å². The summed E-state index contributed by atoms with van der Waals surface area (Å²) in [7, 11) is -4.20. The van der Waals surface area contributed by atoms with E-state index in [0.717, 1.165) is 0 Å². The van der Waals surface area contributed by atoms with Crippen molar-refractivity contribution < 1.29 is 12.8 Å². The van der Waals surface area contributed by atoms with Crippen molar-refractivity contribution in [3.63, 3.8) is 0 Å². The number of hydrogen-bond donors (Lipinski definition) is 1. The highest BCUT2D eigenvalue weighted by Gasteiger charge is 2.26. The molecule has 0 radical (unpaired) electrons. The molecule has 0 spiro atoms. The van der Waals surface area contributed by atoms with Gasteiger partial charge >= 0.3 is 10.0 Å². The molecule has 0 aliphatic carbocycles. The average Bonchev–Trinajstić information content (AvgIpc) is 2.84. The lowest BCUT2D eigenvalue weighted by molar-refractivity contribution is 0.455. The van der Waals surface area contributed by atoms with E-state index in [1.807, 2.05) is 0 Å². The van der Waals surface area contributed by atoms with E-state index in [-0.39, 0.29) is 5.89 Å². The molecule has 2 aromatic rings. The molecule has 0 atom stereocenters. The Morgan fingerprint density at radius 3 is 2.47 bits per heavy atom. The fourth-order valence-corrected chi connectivity index (χ4v) is 2.12. The van der Waals surface area contributed by atoms with Crippen LogP contribution in [0.1, 0.15) is 5.69 Å². The number of benzene rings is 1. The maximum absolute atomic E-state index is 11.6. The van der Waals surface area contributed by atoms with Crippen molar-refractivity contribution in [1.82, 2.24) is 9.71 Å². The Hall–Kier alpha value is -2.84. The highest BCUT2D eigenvalue weighted by molar-refractivity contribution is 7.89. The number of nitrogens with zero attached hydrogens (tertiary/aromatic N) is 3. The highest BCUT2D eigenvalue weighted by Crippen LogP contribution is 2.24. The molecule has 0 aliphatic heterocycles. The van der Waals surface area contributed by atoms with Crippen LogP contribution in [-0.2, 0) is 10.0 Å². The summed E-state index contributed by atoms with van der Waals surface area (Å²) in [5.41, 5.74) is 0.124. The van der Waals surface area contributed by atoms with Crippen LogP contribution in [0.3, 0.4) is 0 Å². The molecule has 0 aliphatic rings. The molecule has 1 heterocycles. The van der Waals surface area contributed by atoms with E-state index in [9.17, 15) is 8.42 Å². The number of oxazole rings is 1. The predicted octanol–water partition coefficient (Wildman–Crippen LogP) is 0.973. The smallest absolute Gasteiger partial charge is 0.306 e. The molecule has 94 valence electrons. The summed E-state index contributed by atoms with van der Waals surface area (Å²) in [5, 5.41) is 16.6.